The molecule has 0 saturated carbocycles. The van der Waals surface area contributed by atoms with Gasteiger partial charge in [-0.25, -0.2) is 0 Å². The van der Waals surface area contributed by atoms with Gasteiger partial charge in [-0.05, 0) is 19.4 Å². The van der Waals surface area contributed by atoms with Crippen LogP contribution in [0.1, 0.15) is 23.8 Å². The van der Waals surface area contributed by atoms with Crippen LogP contribution in [0.2, 0.25) is 5.02 Å². The van der Waals surface area contributed by atoms with Crippen LogP contribution in [-0.4, -0.2) is 50.8 Å². The van der Waals surface area contributed by atoms with Crippen molar-refractivity contribution in [1.29, 1.82) is 0 Å². The maximum absolute atomic E-state index is 12.6. The monoisotopic (exact) mass is 308 g/mol. The van der Waals surface area contributed by atoms with Gasteiger partial charge in [0, 0.05) is 24.0 Å². The highest BCUT2D eigenvalue weighted by molar-refractivity contribution is 6.38. The number of nitrogens with one attached hydrogen (secondary N) is 1. The number of aliphatic hydroxyl groups is 2. The van der Waals surface area contributed by atoms with E-state index in [-0.39, 0.29) is 12.5 Å². The molecule has 1 amide bonds. The molecule has 0 bridgehead atoms. The third kappa shape index (κ3) is 2.41. The van der Waals surface area contributed by atoms with Gasteiger partial charge in [-0.2, -0.15) is 0 Å². The number of hydrogen-bond donors (Lipinski definition) is 3. The lowest BCUT2D eigenvalue weighted by atomic mass is 9.90. The normalized spacial score (nSPS) is 26.3. The van der Waals surface area contributed by atoms with Crippen LogP contribution < -0.4 is 0 Å². The lowest BCUT2D eigenvalue weighted by molar-refractivity contribution is -0.0999. The van der Waals surface area contributed by atoms with Crippen LogP contribution >= 0.6 is 11.6 Å². The van der Waals surface area contributed by atoms with Gasteiger partial charge in [0.1, 0.15) is 5.69 Å². The number of fused-ring (bicyclic) bond motifs is 1. The molecule has 2 atom stereocenters. The van der Waals surface area contributed by atoms with E-state index in [9.17, 15) is 15.0 Å². The molecule has 1 fully saturated rings. The number of piperidine rings is 1. The number of amides is 1. The number of β-amino-alcohol motifs (C(OH)–C–C–N with tert-alkyl or cyclic N) is 1. The van der Waals surface area contributed by atoms with Crippen molar-refractivity contribution in [3.63, 3.8) is 0 Å². The molecule has 1 aliphatic rings. The first-order chi connectivity index (χ1) is 9.90. The van der Waals surface area contributed by atoms with E-state index in [2.05, 4.69) is 4.98 Å². The van der Waals surface area contributed by atoms with E-state index >= 15 is 0 Å². The molecule has 0 radical (unpaired) electrons. The highest BCUT2D eigenvalue weighted by Gasteiger charge is 2.38. The van der Waals surface area contributed by atoms with E-state index in [1.807, 2.05) is 24.3 Å². The molecule has 21 heavy (non-hydrogen) atoms. The number of carbonyl (C=O) groups excluding carboxylic acids is 1. The summed E-state index contributed by atoms with van der Waals surface area (Å²) >= 11 is 6.27. The molecule has 1 aromatic heterocycles. The summed E-state index contributed by atoms with van der Waals surface area (Å²) in [5.41, 5.74) is -0.0249. The third-order valence-corrected chi connectivity index (χ3v) is 4.54. The lowest BCUT2D eigenvalue weighted by Gasteiger charge is -2.39. The van der Waals surface area contributed by atoms with Crippen molar-refractivity contribution in [3.8, 4) is 0 Å². The molecule has 112 valence electrons. The van der Waals surface area contributed by atoms with Crippen molar-refractivity contribution in [2.75, 3.05) is 13.1 Å². The van der Waals surface area contributed by atoms with Crippen LogP contribution in [0.25, 0.3) is 10.9 Å². The van der Waals surface area contributed by atoms with Crippen LogP contribution in [0.4, 0.5) is 0 Å². The number of rotatable bonds is 1. The molecular formula is C15H17ClN2O3. The van der Waals surface area contributed by atoms with Gasteiger partial charge in [-0.1, -0.05) is 29.8 Å². The molecule has 2 aromatic rings. The molecule has 1 aromatic carbocycles. The number of aromatic amines is 1. The molecular weight excluding hydrogens is 292 g/mol. The Kier molecular flexibility index (Phi) is 3.43. The van der Waals surface area contributed by atoms with E-state index in [1.54, 1.807) is 6.92 Å². The number of halogens is 1. The van der Waals surface area contributed by atoms with Crippen molar-refractivity contribution in [2.45, 2.75) is 25.0 Å². The van der Waals surface area contributed by atoms with Crippen LogP contribution in [0.15, 0.2) is 24.3 Å². The van der Waals surface area contributed by atoms with Crippen molar-refractivity contribution in [3.05, 3.63) is 35.0 Å². The molecule has 0 aliphatic carbocycles. The van der Waals surface area contributed by atoms with Crippen molar-refractivity contribution in [2.24, 2.45) is 0 Å². The van der Waals surface area contributed by atoms with E-state index < -0.39 is 11.7 Å². The predicted octanol–water partition coefficient (Wildman–Crippen LogP) is 1.78. The second-order valence-electron chi connectivity index (χ2n) is 5.73. The zero-order valence-electron chi connectivity index (χ0n) is 11.6. The van der Waals surface area contributed by atoms with Crippen LogP contribution in [0.5, 0.6) is 0 Å². The lowest BCUT2D eigenvalue weighted by Crippen LogP contribution is -2.55. The minimum atomic E-state index is -1.15. The number of para-hydroxylation sites is 1. The summed E-state index contributed by atoms with van der Waals surface area (Å²) in [6.45, 7) is 2.06. The first-order valence-electron chi connectivity index (χ1n) is 6.86. The molecule has 5 nitrogen and oxygen atoms in total. The number of H-pyrrole nitrogens is 1. The number of likely N-dealkylation sites (tertiary alicyclic amines) is 1. The third-order valence-electron chi connectivity index (χ3n) is 4.14. The van der Waals surface area contributed by atoms with Crippen LogP contribution in [0, 0.1) is 0 Å². The van der Waals surface area contributed by atoms with Gasteiger partial charge in [-0.15, -0.1) is 0 Å². The first kappa shape index (κ1) is 14.4. The Labute approximate surface area is 127 Å². The molecule has 0 spiro atoms. The van der Waals surface area contributed by atoms with E-state index in [1.165, 1.54) is 4.90 Å². The highest BCUT2D eigenvalue weighted by Crippen LogP contribution is 2.29. The fourth-order valence-corrected chi connectivity index (χ4v) is 2.92. The largest absolute Gasteiger partial charge is 0.388 e. The van der Waals surface area contributed by atoms with Gasteiger partial charge in [-0.3, -0.25) is 4.79 Å². The molecule has 3 N–H and O–H groups in total. The summed E-state index contributed by atoms with van der Waals surface area (Å²) in [7, 11) is 0. The van der Waals surface area contributed by atoms with Crippen LogP contribution in [-0.2, 0) is 0 Å². The Morgan fingerprint density at radius 1 is 1.48 bits per heavy atom. The molecule has 2 unspecified atom stereocenters. The molecule has 3 rings (SSSR count). The van der Waals surface area contributed by atoms with E-state index in [4.69, 9.17) is 11.6 Å². The van der Waals surface area contributed by atoms with Gasteiger partial charge in [0.15, 0.2) is 0 Å². The van der Waals surface area contributed by atoms with Gasteiger partial charge in [0.05, 0.1) is 16.7 Å². The van der Waals surface area contributed by atoms with Gasteiger partial charge >= 0.3 is 0 Å². The Hall–Kier alpha value is -1.56. The summed E-state index contributed by atoms with van der Waals surface area (Å²) in [5, 5.41) is 21.1. The Morgan fingerprint density at radius 3 is 2.86 bits per heavy atom. The van der Waals surface area contributed by atoms with Gasteiger partial charge < -0.3 is 20.1 Å². The van der Waals surface area contributed by atoms with Crippen molar-refractivity contribution < 1.29 is 15.0 Å². The average molecular weight is 309 g/mol. The number of nitrogens with zero attached hydrogens (tertiary/aromatic N) is 1. The zero-order chi connectivity index (χ0) is 15.2. The molecule has 1 saturated heterocycles. The number of benzene rings is 1. The summed E-state index contributed by atoms with van der Waals surface area (Å²) in [6.07, 6.45) is -0.629. The number of aliphatic hydroxyl groups excluding tert-OH is 1. The Morgan fingerprint density at radius 2 is 2.19 bits per heavy atom. The Balaban J connectivity index is 1.89. The summed E-state index contributed by atoms with van der Waals surface area (Å²) in [4.78, 5) is 17.1. The fourth-order valence-electron chi connectivity index (χ4n) is 2.62. The summed E-state index contributed by atoms with van der Waals surface area (Å²) in [6, 6.07) is 7.43. The highest BCUT2D eigenvalue weighted by atomic mass is 35.5. The maximum Gasteiger partial charge on any atom is 0.271 e. The van der Waals surface area contributed by atoms with E-state index in [0.717, 1.165) is 10.9 Å². The molecule has 6 heteroatoms. The van der Waals surface area contributed by atoms with Crippen LogP contribution in [0.3, 0.4) is 0 Å². The second-order valence-corrected chi connectivity index (χ2v) is 6.11. The smallest absolute Gasteiger partial charge is 0.271 e. The predicted molar refractivity (Wildman–Crippen MR) is 80.5 cm³/mol. The van der Waals surface area contributed by atoms with Gasteiger partial charge in [0.25, 0.3) is 5.91 Å². The number of carbonyl (C=O) groups is 1. The van der Waals surface area contributed by atoms with Gasteiger partial charge in [0.2, 0.25) is 0 Å². The SMILES string of the molecule is CC1(O)CCN(C(=O)c2[nH]c3ccccc3c2Cl)CC1O. The van der Waals surface area contributed by atoms with Crippen molar-refractivity contribution in [1.82, 2.24) is 9.88 Å². The minimum Gasteiger partial charge on any atom is -0.388 e. The minimum absolute atomic E-state index is 0.0948. The first-order valence-corrected chi connectivity index (χ1v) is 7.24. The fraction of sp³-hybridized carbons (Fsp3) is 0.400. The summed E-state index contributed by atoms with van der Waals surface area (Å²) in [5.74, 6) is -0.259. The standard InChI is InChI=1S/C15H17ClN2O3/c1-15(21)6-7-18(8-11(15)19)14(20)13-12(16)9-4-2-3-5-10(9)17-13/h2-5,11,17,19,21H,6-8H2,1H3. The average Bonchev–Trinajstić information content (AvgIpc) is 2.79. The molecule has 2 heterocycles. The van der Waals surface area contributed by atoms with E-state index in [0.29, 0.717) is 23.7 Å². The van der Waals surface area contributed by atoms with Crippen molar-refractivity contribution >= 4 is 28.4 Å². The summed E-state index contributed by atoms with van der Waals surface area (Å²) < 4.78 is 0. The number of aromatic nitrogens is 1. The maximum atomic E-state index is 12.6. The Bertz CT molecular complexity index is 695. The number of hydrogen-bond acceptors (Lipinski definition) is 3. The molecule has 1 aliphatic heterocycles. The second kappa shape index (κ2) is 5.02. The topological polar surface area (TPSA) is 76.6 Å². The zero-order valence-corrected chi connectivity index (χ0v) is 12.4. The quantitative estimate of drug-likeness (QED) is 0.751.